The zero-order valence-corrected chi connectivity index (χ0v) is 8.77. The molecule has 0 bridgehead atoms. The lowest BCUT2D eigenvalue weighted by Gasteiger charge is -2.08. The third kappa shape index (κ3) is 1.54. The van der Waals surface area contributed by atoms with Crippen molar-refractivity contribution < 1.29 is 0 Å². The monoisotopic (exact) mass is 203 g/mol. The number of hydrogen-bond donors (Lipinski definition) is 1. The Kier molecular flexibility index (Phi) is 2.33. The molecule has 2 aromatic rings. The van der Waals surface area contributed by atoms with Crippen LogP contribution < -0.4 is 10.9 Å². The molecule has 0 saturated carbocycles. The van der Waals surface area contributed by atoms with Crippen LogP contribution in [0.3, 0.4) is 0 Å². The number of benzene rings is 1. The maximum absolute atomic E-state index is 11.7. The second-order valence-corrected chi connectivity index (χ2v) is 3.29. The van der Waals surface area contributed by atoms with Crippen molar-refractivity contribution in [1.29, 1.82) is 0 Å². The normalized spacial score (nSPS) is 10.3. The van der Waals surface area contributed by atoms with Crippen LogP contribution in [0.25, 0.3) is 5.69 Å². The maximum atomic E-state index is 11.7. The van der Waals surface area contributed by atoms with E-state index in [1.54, 1.807) is 22.5 Å². The topological polar surface area (TPSA) is 39.0 Å². The average Bonchev–Trinajstić information content (AvgIpc) is 2.55. The van der Waals surface area contributed by atoms with Crippen LogP contribution in [-0.4, -0.2) is 16.4 Å². The first kappa shape index (κ1) is 9.58. The molecule has 0 spiro atoms. The number of rotatable bonds is 2. The molecule has 0 atom stereocenters. The molecular formula is C11H13N3O. The van der Waals surface area contributed by atoms with E-state index in [0.717, 1.165) is 11.5 Å². The van der Waals surface area contributed by atoms with Crippen molar-refractivity contribution in [3.63, 3.8) is 0 Å². The van der Waals surface area contributed by atoms with Gasteiger partial charge in [0, 0.05) is 20.2 Å². The van der Waals surface area contributed by atoms with Gasteiger partial charge in [0.2, 0.25) is 0 Å². The SMILES string of the molecule is CNc1cc(=O)n(-c2ccccc2)n1C. The number of nitrogens with one attached hydrogen (secondary N) is 1. The molecule has 1 aromatic carbocycles. The first-order valence-electron chi connectivity index (χ1n) is 4.76. The number of aromatic nitrogens is 2. The summed E-state index contributed by atoms with van der Waals surface area (Å²) >= 11 is 0. The minimum atomic E-state index is -0.0342. The van der Waals surface area contributed by atoms with Gasteiger partial charge < -0.3 is 5.32 Å². The van der Waals surface area contributed by atoms with E-state index in [4.69, 9.17) is 0 Å². The van der Waals surface area contributed by atoms with E-state index in [9.17, 15) is 4.79 Å². The van der Waals surface area contributed by atoms with Crippen molar-refractivity contribution in [2.75, 3.05) is 12.4 Å². The van der Waals surface area contributed by atoms with E-state index in [1.807, 2.05) is 37.4 Å². The Labute approximate surface area is 87.7 Å². The fraction of sp³-hybridized carbons (Fsp3) is 0.182. The summed E-state index contributed by atoms with van der Waals surface area (Å²) < 4.78 is 3.41. The van der Waals surface area contributed by atoms with Crippen LogP contribution in [0.15, 0.2) is 41.2 Å². The van der Waals surface area contributed by atoms with Crippen LogP contribution in [0.4, 0.5) is 5.82 Å². The van der Waals surface area contributed by atoms with E-state index >= 15 is 0 Å². The number of nitrogens with zero attached hydrogens (tertiary/aromatic N) is 2. The highest BCUT2D eigenvalue weighted by Gasteiger charge is 2.07. The highest BCUT2D eigenvalue weighted by molar-refractivity contribution is 5.38. The predicted molar refractivity (Wildman–Crippen MR) is 60.6 cm³/mol. The quantitative estimate of drug-likeness (QED) is 0.797. The van der Waals surface area contributed by atoms with Crippen LogP contribution in [0, 0.1) is 0 Å². The summed E-state index contributed by atoms with van der Waals surface area (Å²) in [6.45, 7) is 0. The Morgan fingerprint density at radius 1 is 1.20 bits per heavy atom. The summed E-state index contributed by atoms with van der Waals surface area (Å²) in [6, 6.07) is 11.1. The Morgan fingerprint density at radius 3 is 2.40 bits per heavy atom. The molecule has 0 aliphatic heterocycles. The van der Waals surface area contributed by atoms with Gasteiger partial charge in [-0.05, 0) is 12.1 Å². The Bertz CT molecular complexity index is 510. The van der Waals surface area contributed by atoms with Gasteiger partial charge in [0.15, 0.2) is 0 Å². The molecule has 4 nitrogen and oxygen atoms in total. The van der Waals surface area contributed by atoms with Gasteiger partial charge in [-0.3, -0.25) is 9.48 Å². The summed E-state index contributed by atoms with van der Waals surface area (Å²) in [5.41, 5.74) is 0.833. The molecule has 0 radical (unpaired) electrons. The van der Waals surface area contributed by atoms with Gasteiger partial charge in [-0.1, -0.05) is 18.2 Å². The number of para-hydroxylation sites is 1. The molecule has 0 amide bonds. The highest BCUT2D eigenvalue weighted by atomic mass is 16.1. The van der Waals surface area contributed by atoms with Gasteiger partial charge in [0.25, 0.3) is 5.56 Å². The summed E-state index contributed by atoms with van der Waals surface area (Å²) in [7, 11) is 3.64. The van der Waals surface area contributed by atoms with E-state index < -0.39 is 0 Å². The standard InChI is InChI=1S/C11H13N3O/c1-12-10-8-11(15)14(13(10)2)9-6-4-3-5-7-9/h3-8,12H,1-2H3. The molecule has 0 saturated heterocycles. The fourth-order valence-electron chi connectivity index (χ4n) is 1.63. The second kappa shape index (κ2) is 3.65. The van der Waals surface area contributed by atoms with Gasteiger partial charge in [-0.25, -0.2) is 4.68 Å². The van der Waals surface area contributed by atoms with Gasteiger partial charge in [0.1, 0.15) is 5.82 Å². The zero-order valence-electron chi connectivity index (χ0n) is 8.77. The first-order chi connectivity index (χ1) is 7.24. The Morgan fingerprint density at radius 2 is 1.87 bits per heavy atom. The van der Waals surface area contributed by atoms with Crippen LogP contribution in [0.2, 0.25) is 0 Å². The van der Waals surface area contributed by atoms with E-state index in [-0.39, 0.29) is 5.56 Å². The van der Waals surface area contributed by atoms with Gasteiger partial charge in [-0.2, -0.15) is 0 Å². The van der Waals surface area contributed by atoms with Crippen molar-refractivity contribution in [2.24, 2.45) is 7.05 Å². The zero-order chi connectivity index (χ0) is 10.8. The van der Waals surface area contributed by atoms with Gasteiger partial charge >= 0.3 is 0 Å². The van der Waals surface area contributed by atoms with Crippen molar-refractivity contribution >= 4 is 5.82 Å². The fourth-order valence-corrected chi connectivity index (χ4v) is 1.63. The summed E-state index contributed by atoms with van der Waals surface area (Å²) in [6.07, 6.45) is 0. The van der Waals surface area contributed by atoms with Gasteiger partial charge in [0.05, 0.1) is 5.69 Å². The van der Waals surface area contributed by atoms with Crippen LogP contribution >= 0.6 is 0 Å². The molecule has 0 fully saturated rings. The molecule has 15 heavy (non-hydrogen) atoms. The Hall–Kier alpha value is -1.97. The average molecular weight is 203 g/mol. The van der Waals surface area contributed by atoms with Crippen molar-refractivity contribution in [3.05, 3.63) is 46.8 Å². The molecule has 0 aliphatic carbocycles. The van der Waals surface area contributed by atoms with Crippen LogP contribution in [0.1, 0.15) is 0 Å². The molecule has 0 unspecified atom stereocenters. The lowest BCUT2D eigenvalue weighted by atomic mass is 10.3. The van der Waals surface area contributed by atoms with Gasteiger partial charge in [-0.15, -0.1) is 0 Å². The molecule has 1 aromatic heterocycles. The Balaban J connectivity index is 2.64. The molecule has 1 N–H and O–H groups in total. The molecule has 1 heterocycles. The maximum Gasteiger partial charge on any atom is 0.273 e. The van der Waals surface area contributed by atoms with Crippen molar-refractivity contribution in [1.82, 2.24) is 9.36 Å². The first-order valence-corrected chi connectivity index (χ1v) is 4.76. The van der Waals surface area contributed by atoms with E-state index in [1.165, 1.54) is 0 Å². The van der Waals surface area contributed by atoms with Crippen LogP contribution in [0.5, 0.6) is 0 Å². The summed E-state index contributed by atoms with van der Waals surface area (Å²) in [5.74, 6) is 0.795. The molecule has 78 valence electrons. The lowest BCUT2D eigenvalue weighted by molar-refractivity contribution is 0.652. The second-order valence-electron chi connectivity index (χ2n) is 3.29. The molecule has 2 rings (SSSR count). The van der Waals surface area contributed by atoms with E-state index in [0.29, 0.717) is 0 Å². The largest absolute Gasteiger partial charge is 0.373 e. The molecular weight excluding hydrogens is 190 g/mol. The number of anilines is 1. The minimum Gasteiger partial charge on any atom is -0.373 e. The highest BCUT2D eigenvalue weighted by Crippen LogP contribution is 2.08. The number of hydrogen-bond acceptors (Lipinski definition) is 2. The van der Waals surface area contributed by atoms with Crippen LogP contribution in [-0.2, 0) is 7.05 Å². The molecule has 4 heteroatoms. The lowest BCUT2D eigenvalue weighted by Crippen LogP contribution is -2.19. The van der Waals surface area contributed by atoms with Crippen molar-refractivity contribution in [3.8, 4) is 5.69 Å². The van der Waals surface area contributed by atoms with E-state index in [2.05, 4.69) is 5.32 Å². The summed E-state index contributed by atoms with van der Waals surface area (Å²) in [4.78, 5) is 11.7. The third-order valence-electron chi connectivity index (χ3n) is 2.37. The predicted octanol–water partition coefficient (Wildman–Crippen LogP) is 1.22. The third-order valence-corrected chi connectivity index (χ3v) is 2.37. The summed E-state index contributed by atoms with van der Waals surface area (Å²) in [5, 5.41) is 2.97. The van der Waals surface area contributed by atoms with Crippen molar-refractivity contribution in [2.45, 2.75) is 0 Å². The minimum absolute atomic E-state index is 0.0342. The molecule has 0 aliphatic rings. The smallest absolute Gasteiger partial charge is 0.273 e.